The summed E-state index contributed by atoms with van der Waals surface area (Å²) in [4.78, 5) is 0. The van der Waals surface area contributed by atoms with Crippen molar-refractivity contribution in [1.29, 1.82) is 0 Å². The van der Waals surface area contributed by atoms with Crippen molar-refractivity contribution in [3.63, 3.8) is 0 Å². The van der Waals surface area contributed by atoms with Crippen molar-refractivity contribution in [3.05, 3.63) is 0 Å². The molecule has 0 bridgehead atoms. The van der Waals surface area contributed by atoms with Crippen molar-refractivity contribution >= 4 is 10.2 Å². The first-order valence-corrected chi connectivity index (χ1v) is 8.84. The number of hydrogen-bond donors (Lipinski definition) is 2. The van der Waals surface area contributed by atoms with E-state index in [9.17, 15) is 8.42 Å². The molecule has 0 unspecified atom stereocenters. The van der Waals surface area contributed by atoms with Gasteiger partial charge in [0.25, 0.3) is 10.2 Å². The van der Waals surface area contributed by atoms with E-state index >= 15 is 0 Å². The van der Waals surface area contributed by atoms with Crippen LogP contribution in [0.5, 0.6) is 0 Å². The van der Waals surface area contributed by atoms with Gasteiger partial charge in [-0.05, 0) is 31.2 Å². The first-order chi connectivity index (χ1) is 9.45. The van der Waals surface area contributed by atoms with Gasteiger partial charge in [-0.2, -0.15) is 12.7 Å². The van der Waals surface area contributed by atoms with Gasteiger partial charge in [0.05, 0.1) is 6.61 Å². The molecule has 2 N–H and O–H groups in total. The summed E-state index contributed by atoms with van der Waals surface area (Å²) in [6, 6.07) is 0. The minimum Gasteiger partial charge on any atom is -0.383 e. The monoisotopic (exact) mass is 307 g/mol. The van der Waals surface area contributed by atoms with Gasteiger partial charge in [0.15, 0.2) is 0 Å². The Morgan fingerprint density at radius 2 is 1.95 bits per heavy atom. The van der Waals surface area contributed by atoms with E-state index in [1.54, 1.807) is 11.4 Å². The van der Waals surface area contributed by atoms with Crippen molar-refractivity contribution in [2.24, 2.45) is 11.8 Å². The standard InChI is InChI=1S/C13H29N3O3S/c1-12(2)10-15-20(17,18)16-7-4-13(5-8-16)11-14-6-9-19-3/h12-15H,4-11H2,1-3H3. The number of ether oxygens (including phenoxy) is 1. The second-order valence-corrected chi connectivity index (χ2v) is 7.54. The third-order valence-corrected chi connectivity index (χ3v) is 5.08. The fourth-order valence-electron chi connectivity index (χ4n) is 2.20. The molecule has 1 fully saturated rings. The Morgan fingerprint density at radius 1 is 1.30 bits per heavy atom. The van der Waals surface area contributed by atoms with Crippen LogP contribution in [0, 0.1) is 11.8 Å². The number of rotatable bonds is 9. The fourth-order valence-corrected chi connectivity index (χ4v) is 3.62. The molecule has 1 aliphatic heterocycles. The molecule has 6 nitrogen and oxygen atoms in total. The first-order valence-electron chi connectivity index (χ1n) is 7.40. The normalized spacial score (nSPS) is 18.8. The summed E-state index contributed by atoms with van der Waals surface area (Å²) in [5.41, 5.74) is 0. The largest absolute Gasteiger partial charge is 0.383 e. The lowest BCUT2D eigenvalue weighted by Crippen LogP contribution is -2.46. The van der Waals surface area contributed by atoms with Gasteiger partial charge in [0, 0.05) is 33.3 Å². The molecule has 0 aromatic carbocycles. The van der Waals surface area contributed by atoms with Crippen molar-refractivity contribution in [3.8, 4) is 0 Å². The molecule has 120 valence electrons. The molecule has 0 saturated carbocycles. The molecule has 1 aliphatic rings. The number of nitrogens with zero attached hydrogens (tertiary/aromatic N) is 1. The highest BCUT2D eigenvalue weighted by Crippen LogP contribution is 2.18. The molecule has 0 radical (unpaired) electrons. The smallest absolute Gasteiger partial charge is 0.279 e. The van der Waals surface area contributed by atoms with E-state index in [-0.39, 0.29) is 0 Å². The molecule has 0 aliphatic carbocycles. The number of methoxy groups -OCH3 is 1. The first kappa shape index (κ1) is 17.8. The predicted octanol–water partition coefficient (Wildman–Crippen LogP) is 0.425. The van der Waals surface area contributed by atoms with Gasteiger partial charge >= 0.3 is 0 Å². The molecular weight excluding hydrogens is 278 g/mol. The highest BCUT2D eigenvalue weighted by Gasteiger charge is 2.27. The third-order valence-electron chi connectivity index (χ3n) is 3.50. The Hall–Kier alpha value is -0.210. The van der Waals surface area contributed by atoms with E-state index in [0.717, 1.165) is 25.9 Å². The Kier molecular flexibility index (Phi) is 7.98. The Labute approximate surface area is 123 Å². The molecular formula is C13H29N3O3S. The van der Waals surface area contributed by atoms with Crippen LogP contribution >= 0.6 is 0 Å². The summed E-state index contributed by atoms with van der Waals surface area (Å²) in [6.45, 7) is 8.24. The maximum Gasteiger partial charge on any atom is 0.279 e. The quantitative estimate of drug-likeness (QED) is 0.606. The van der Waals surface area contributed by atoms with Crippen LogP contribution in [0.1, 0.15) is 26.7 Å². The van der Waals surface area contributed by atoms with Gasteiger partial charge in [0.2, 0.25) is 0 Å². The third kappa shape index (κ3) is 6.49. The summed E-state index contributed by atoms with van der Waals surface area (Å²) < 4.78 is 33.4. The Morgan fingerprint density at radius 3 is 2.50 bits per heavy atom. The van der Waals surface area contributed by atoms with Gasteiger partial charge in [-0.3, -0.25) is 0 Å². The van der Waals surface area contributed by atoms with E-state index in [2.05, 4.69) is 10.0 Å². The van der Waals surface area contributed by atoms with Crippen LogP contribution in [0.4, 0.5) is 0 Å². The SMILES string of the molecule is COCCNCC1CCN(S(=O)(=O)NCC(C)C)CC1. The topological polar surface area (TPSA) is 70.7 Å². The summed E-state index contributed by atoms with van der Waals surface area (Å²) in [6.07, 6.45) is 1.84. The lowest BCUT2D eigenvalue weighted by atomic mass is 9.98. The van der Waals surface area contributed by atoms with Gasteiger partial charge in [0.1, 0.15) is 0 Å². The number of piperidine rings is 1. The Balaban J connectivity index is 2.27. The second kappa shape index (κ2) is 8.94. The van der Waals surface area contributed by atoms with Gasteiger partial charge in [-0.25, -0.2) is 4.72 Å². The van der Waals surface area contributed by atoms with E-state index in [1.807, 2.05) is 13.8 Å². The molecule has 0 aromatic heterocycles. The highest BCUT2D eigenvalue weighted by atomic mass is 32.2. The minimum atomic E-state index is -3.29. The summed E-state index contributed by atoms with van der Waals surface area (Å²) >= 11 is 0. The minimum absolute atomic E-state index is 0.326. The molecule has 0 aromatic rings. The van der Waals surface area contributed by atoms with Crippen molar-refractivity contribution < 1.29 is 13.2 Å². The zero-order valence-corrected chi connectivity index (χ0v) is 13.7. The van der Waals surface area contributed by atoms with Gasteiger partial charge in [-0.15, -0.1) is 0 Å². The van der Waals surface area contributed by atoms with E-state index in [0.29, 0.717) is 38.1 Å². The lowest BCUT2D eigenvalue weighted by molar-refractivity contribution is 0.194. The van der Waals surface area contributed by atoms with Crippen LogP contribution in [-0.2, 0) is 14.9 Å². The van der Waals surface area contributed by atoms with Crippen LogP contribution in [0.3, 0.4) is 0 Å². The van der Waals surface area contributed by atoms with Gasteiger partial charge < -0.3 is 10.1 Å². The van der Waals surface area contributed by atoms with Gasteiger partial charge in [-0.1, -0.05) is 13.8 Å². The summed E-state index contributed by atoms with van der Waals surface area (Å²) in [5, 5.41) is 3.34. The number of hydrogen-bond acceptors (Lipinski definition) is 4. The van der Waals surface area contributed by atoms with Crippen molar-refractivity contribution in [2.45, 2.75) is 26.7 Å². The van der Waals surface area contributed by atoms with Crippen molar-refractivity contribution in [2.75, 3.05) is 46.4 Å². The Bertz CT molecular complexity index is 352. The maximum absolute atomic E-state index is 12.1. The van der Waals surface area contributed by atoms with Crippen LogP contribution < -0.4 is 10.0 Å². The highest BCUT2D eigenvalue weighted by molar-refractivity contribution is 7.87. The van der Waals surface area contributed by atoms with Crippen LogP contribution in [-0.4, -0.2) is 59.2 Å². The average molecular weight is 307 g/mol. The zero-order chi connectivity index (χ0) is 15.0. The molecule has 7 heteroatoms. The molecule has 1 saturated heterocycles. The van der Waals surface area contributed by atoms with E-state index in [1.165, 1.54) is 0 Å². The predicted molar refractivity (Wildman–Crippen MR) is 80.8 cm³/mol. The summed E-state index contributed by atoms with van der Waals surface area (Å²) in [7, 11) is -1.60. The molecule has 0 atom stereocenters. The zero-order valence-electron chi connectivity index (χ0n) is 12.9. The molecule has 0 spiro atoms. The van der Waals surface area contributed by atoms with Crippen LogP contribution in [0.25, 0.3) is 0 Å². The fraction of sp³-hybridized carbons (Fsp3) is 1.00. The van der Waals surface area contributed by atoms with E-state index < -0.39 is 10.2 Å². The van der Waals surface area contributed by atoms with Crippen LogP contribution in [0.15, 0.2) is 0 Å². The molecule has 20 heavy (non-hydrogen) atoms. The van der Waals surface area contributed by atoms with Crippen molar-refractivity contribution in [1.82, 2.24) is 14.3 Å². The molecule has 1 rings (SSSR count). The number of nitrogens with one attached hydrogen (secondary N) is 2. The summed E-state index contributed by atoms with van der Waals surface area (Å²) in [5.74, 6) is 0.885. The average Bonchev–Trinajstić information content (AvgIpc) is 2.42. The molecule has 0 amide bonds. The van der Waals surface area contributed by atoms with E-state index in [4.69, 9.17) is 4.74 Å². The second-order valence-electron chi connectivity index (χ2n) is 5.79. The maximum atomic E-state index is 12.1. The van der Waals surface area contributed by atoms with Crippen LogP contribution in [0.2, 0.25) is 0 Å². The lowest BCUT2D eigenvalue weighted by Gasteiger charge is -2.31. The molecule has 1 heterocycles.